The number of carbonyl (C=O) groups excluding carboxylic acids is 1. The third kappa shape index (κ3) is 3.45. The summed E-state index contributed by atoms with van der Waals surface area (Å²) in [7, 11) is 1.62. The van der Waals surface area contributed by atoms with Gasteiger partial charge < -0.3 is 9.64 Å². The van der Waals surface area contributed by atoms with E-state index in [-0.39, 0.29) is 11.9 Å². The van der Waals surface area contributed by atoms with Gasteiger partial charge in [0.05, 0.1) is 25.4 Å². The molecule has 0 spiro atoms. The van der Waals surface area contributed by atoms with Crippen LogP contribution in [0.1, 0.15) is 41.0 Å². The van der Waals surface area contributed by atoms with Crippen molar-refractivity contribution in [3.8, 4) is 5.75 Å². The Morgan fingerprint density at radius 2 is 2.12 bits per heavy atom. The first-order chi connectivity index (χ1) is 11.6. The Balaban J connectivity index is 1.80. The summed E-state index contributed by atoms with van der Waals surface area (Å²) in [6.07, 6.45) is 3.24. The summed E-state index contributed by atoms with van der Waals surface area (Å²) < 4.78 is 7.27. The number of hydrogen-bond acceptors (Lipinski definition) is 3. The molecule has 3 rings (SSSR count). The molecule has 0 aliphatic carbocycles. The minimum Gasteiger partial charge on any atom is -0.497 e. The Labute approximate surface area is 143 Å². The Morgan fingerprint density at radius 3 is 2.83 bits per heavy atom. The van der Waals surface area contributed by atoms with E-state index in [4.69, 9.17) is 4.74 Å². The van der Waals surface area contributed by atoms with Crippen molar-refractivity contribution in [2.45, 2.75) is 45.7 Å². The van der Waals surface area contributed by atoms with E-state index in [1.807, 2.05) is 40.8 Å². The van der Waals surface area contributed by atoms with Crippen molar-refractivity contribution >= 4 is 5.91 Å². The highest BCUT2D eigenvalue weighted by molar-refractivity contribution is 5.94. The number of rotatable bonds is 4. The van der Waals surface area contributed by atoms with Crippen LogP contribution in [0.15, 0.2) is 30.3 Å². The number of hydrogen-bond donors (Lipinski definition) is 0. The summed E-state index contributed by atoms with van der Waals surface area (Å²) in [4.78, 5) is 15.0. The van der Waals surface area contributed by atoms with E-state index in [0.29, 0.717) is 11.3 Å². The molecule has 1 aliphatic rings. The van der Waals surface area contributed by atoms with Gasteiger partial charge in [0.15, 0.2) is 0 Å². The molecule has 0 radical (unpaired) electrons. The average molecular weight is 327 g/mol. The zero-order valence-corrected chi connectivity index (χ0v) is 14.7. The van der Waals surface area contributed by atoms with Crippen LogP contribution in [-0.2, 0) is 6.54 Å². The summed E-state index contributed by atoms with van der Waals surface area (Å²) in [5.74, 6) is 0.799. The van der Waals surface area contributed by atoms with Crippen LogP contribution in [0.5, 0.6) is 5.75 Å². The van der Waals surface area contributed by atoms with Crippen molar-refractivity contribution in [3.63, 3.8) is 0 Å². The normalized spacial score (nSPS) is 17.8. The molecule has 0 unspecified atom stereocenters. The number of amides is 1. The Kier molecular flexibility index (Phi) is 4.88. The molecular formula is C19H25N3O2. The highest BCUT2D eigenvalue weighted by Crippen LogP contribution is 2.23. The molecule has 1 atom stereocenters. The summed E-state index contributed by atoms with van der Waals surface area (Å²) >= 11 is 0. The van der Waals surface area contributed by atoms with Crippen molar-refractivity contribution in [3.05, 3.63) is 47.3 Å². The highest BCUT2D eigenvalue weighted by atomic mass is 16.5. The lowest BCUT2D eigenvalue weighted by molar-refractivity contribution is 0.0582. The minimum absolute atomic E-state index is 0.0835. The molecular weight excluding hydrogens is 302 g/mol. The largest absolute Gasteiger partial charge is 0.497 e. The quantitative estimate of drug-likeness (QED) is 0.866. The Morgan fingerprint density at radius 1 is 1.29 bits per heavy atom. The fourth-order valence-electron chi connectivity index (χ4n) is 3.44. The van der Waals surface area contributed by atoms with Crippen molar-refractivity contribution < 1.29 is 9.53 Å². The molecule has 5 nitrogen and oxygen atoms in total. The van der Waals surface area contributed by atoms with Crippen LogP contribution < -0.4 is 4.74 Å². The smallest absolute Gasteiger partial charge is 0.254 e. The third-order valence-corrected chi connectivity index (χ3v) is 4.69. The van der Waals surface area contributed by atoms with Gasteiger partial charge in [0, 0.05) is 17.8 Å². The number of likely N-dealkylation sites (tertiary alicyclic amines) is 1. The lowest BCUT2D eigenvalue weighted by Gasteiger charge is -2.36. The van der Waals surface area contributed by atoms with Gasteiger partial charge in [-0.15, -0.1) is 0 Å². The second-order valence-electron chi connectivity index (χ2n) is 6.49. The standard InChI is InChI=1S/C19H25N3O2/c1-14-11-15(2)22(20-14)13-17-8-4-5-10-21(17)19(23)16-7-6-9-18(12-16)24-3/h6-7,9,11-12,17H,4-5,8,10,13H2,1-3H3/t17-/m1/s1. The Bertz CT molecular complexity index is 723. The second-order valence-corrected chi connectivity index (χ2v) is 6.49. The van der Waals surface area contributed by atoms with Gasteiger partial charge >= 0.3 is 0 Å². The van der Waals surface area contributed by atoms with Crippen LogP contribution in [0, 0.1) is 13.8 Å². The maximum absolute atomic E-state index is 13.0. The van der Waals surface area contributed by atoms with E-state index in [1.54, 1.807) is 7.11 Å². The topological polar surface area (TPSA) is 47.4 Å². The van der Waals surface area contributed by atoms with Crippen LogP contribution in [0.25, 0.3) is 0 Å². The van der Waals surface area contributed by atoms with Gasteiger partial charge in [-0.25, -0.2) is 0 Å². The molecule has 1 aromatic carbocycles. The number of aromatic nitrogens is 2. The van der Waals surface area contributed by atoms with E-state index < -0.39 is 0 Å². The lowest BCUT2D eigenvalue weighted by atomic mass is 10.0. The molecule has 0 saturated carbocycles. The van der Waals surface area contributed by atoms with Gasteiger partial charge in [0.1, 0.15) is 5.75 Å². The molecule has 2 heterocycles. The molecule has 1 fully saturated rings. The molecule has 5 heteroatoms. The average Bonchev–Trinajstić information content (AvgIpc) is 2.92. The monoisotopic (exact) mass is 327 g/mol. The first-order valence-corrected chi connectivity index (χ1v) is 8.54. The van der Waals surface area contributed by atoms with Gasteiger partial charge in [-0.05, 0) is 57.4 Å². The first-order valence-electron chi connectivity index (χ1n) is 8.54. The Hall–Kier alpha value is -2.30. The van der Waals surface area contributed by atoms with E-state index >= 15 is 0 Å². The third-order valence-electron chi connectivity index (χ3n) is 4.69. The molecule has 128 valence electrons. The summed E-state index contributed by atoms with van der Waals surface area (Å²) in [6.45, 7) is 5.63. The van der Waals surface area contributed by atoms with Crippen LogP contribution in [0.4, 0.5) is 0 Å². The maximum Gasteiger partial charge on any atom is 0.254 e. The minimum atomic E-state index is 0.0835. The number of piperidine rings is 1. The van der Waals surface area contributed by atoms with Crippen LogP contribution in [0.3, 0.4) is 0 Å². The number of methoxy groups -OCH3 is 1. The molecule has 1 aliphatic heterocycles. The molecule has 2 aromatic rings. The van der Waals surface area contributed by atoms with Crippen LogP contribution in [0.2, 0.25) is 0 Å². The molecule has 0 N–H and O–H groups in total. The van der Waals surface area contributed by atoms with Gasteiger partial charge in [-0.3, -0.25) is 9.48 Å². The maximum atomic E-state index is 13.0. The zero-order valence-electron chi connectivity index (χ0n) is 14.7. The van der Waals surface area contributed by atoms with Gasteiger partial charge in [0.2, 0.25) is 0 Å². The van der Waals surface area contributed by atoms with Gasteiger partial charge in [-0.1, -0.05) is 6.07 Å². The fraction of sp³-hybridized carbons (Fsp3) is 0.474. The predicted octanol–water partition coefficient (Wildman–Crippen LogP) is 3.20. The van der Waals surface area contributed by atoms with Crippen LogP contribution in [-0.4, -0.2) is 40.3 Å². The number of benzene rings is 1. The van der Waals surface area contributed by atoms with E-state index in [1.165, 1.54) is 0 Å². The molecule has 1 amide bonds. The first kappa shape index (κ1) is 16.6. The molecule has 1 saturated heterocycles. The van der Waals surface area contributed by atoms with Gasteiger partial charge in [0.25, 0.3) is 5.91 Å². The number of aryl methyl sites for hydroxylation is 2. The molecule has 24 heavy (non-hydrogen) atoms. The SMILES string of the molecule is COc1cccc(C(=O)N2CCCC[C@@H]2Cn2nc(C)cc2C)c1. The van der Waals surface area contributed by atoms with E-state index in [9.17, 15) is 4.79 Å². The molecule has 1 aromatic heterocycles. The lowest BCUT2D eigenvalue weighted by Crippen LogP contribution is -2.46. The summed E-state index contributed by atoms with van der Waals surface area (Å²) in [5.41, 5.74) is 2.86. The van der Waals surface area contributed by atoms with Crippen LogP contribution >= 0.6 is 0 Å². The summed E-state index contributed by atoms with van der Waals surface area (Å²) in [5, 5.41) is 4.56. The summed E-state index contributed by atoms with van der Waals surface area (Å²) in [6, 6.07) is 9.68. The van der Waals surface area contributed by atoms with Gasteiger partial charge in [-0.2, -0.15) is 5.10 Å². The predicted molar refractivity (Wildman–Crippen MR) is 93.4 cm³/mol. The van der Waals surface area contributed by atoms with Crippen molar-refractivity contribution in [2.75, 3.05) is 13.7 Å². The molecule has 0 bridgehead atoms. The fourth-order valence-corrected chi connectivity index (χ4v) is 3.44. The zero-order chi connectivity index (χ0) is 17.1. The van der Waals surface area contributed by atoms with Crippen molar-refractivity contribution in [1.82, 2.24) is 14.7 Å². The second kappa shape index (κ2) is 7.07. The number of nitrogens with zero attached hydrogens (tertiary/aromatic N) is 3. The van der Waals surface area contributed by atoms with Crippen molar-refractivity contribution in [2.24, 2.45) is 0 Å². The number of carbonyl (C=O) groups is 1. The van der Waals surface area contributed by atoms with Crippen molar-refractivity contribution in [1.29, 1.82) is 0 Å². The van der Waals surface area contributed by atoms with E-state index in [0.717, 1.165) is 43.7 Å². The highest BCUT2D eigenvalue weighted by Gasteiger charge is 2.28. The van der Waals surface area contributed by atoms with E-state index in [2.05, 4.69) is 18.1 Å². The number of ether oxygens (including phenoxy) is 1.